The highest BCUT2D eigenvalue weighted by atomic mass is 15.2. The summed E-state index contributed by atoms with van der Waals surface area (Å²) in [6.45, 7) is 6.80. The first-order valence-electron chi connectivity index (χ1n) is 7.29. The molecule has 1 N–H and O–H groups in total. The van der Waals surface area contributed by atoms with Crippen molar-refractivity contribution in [3.05, 3.63) is 23.9 Å². The molecule has 1 unspecified atom stereocenters. The number of nitrogens with one attached hydrogen (secondary N) is 1. The lowest BCUT2D eigenvalue weighted by Crippen LogP contribution is -2.39. The van der Waals surface area contributed by atoms with Gasteiger partial charge in [-0.1, -0.05) is 13.0 Å². The number of pyridine rings is 1. The summed E-state index contributed by atoms with van der Waals surface area (Å²) in [7, 11) is 4.15. The zero-order chi connectivity index (χ0) is 13.7. The smallest absolute Gasteiger partial charge is 0.126 e. The van der Waals surface area contributed by atoms with E-state index < -0.39 is 0 Å². The molecule has 0 bridgehead atoms. The van der Waals surface area contributed by atoms with E-state index in [1.807, 2.05) is 13.1 Å². The molecule has 2 rings (SSSR count). The number of anilines is 1. The lowest BCUT2D eigenvalue weighted by molar-refractivity contribution is 0.174. The maximum absolute atomic E-state index is 4.64. The van der Waals surface area contributed by atoms with Crippen LogP contribution in [0, 0.1) is 0 Å². The van der Waals surface area contributed by atoms with E-state index >= 15 is 0 Å². The largest absolute Gasteiger partial charge is 0.373 e. The van der Waals surface area contributed by atoms with Crippen LogP contribution in [-0.4, -0.2) is 54.6 Å². The van der Waals surface area contributed by atoms with Crippen LogP contribution in [-0.2, 0) is 6.54 Å². The van der Waals surface area contributed by atoms with Crippen molar-refractivity contribution in [1.82, 2.24) is 14.8 Å². The van der Waals surface area contributed by atoms with Gasteiger partial charge in [-0.05, 0) is 38.6 Å². The molecule has 1 aromatic heterocycles. The van der Waals surface area contributed by atoms with Crippen molar-refractivity contribution in [3.8, 4) is 0 Å². The first-order chi connectivity index (χ1) is 9.22. The van der Waals surface area contributed by atoms with E-state index in [-0.39, 0.29) is 0 Å². The Bertz CT molecular complexity index is 393. The van der Waals surface area contributed by atoms with Gasteiger partial charge < -0.3 is 10.2 Å². The van der Waals surface area contributed by atoms with E-state index in [9.17, 15) is 0 Å². The van der Waals surface area contributed by atoms with Crippen LogP contribution in [0.2, 0.25) is 0 Å². The minimum Gasteiger partial charge on any atom is -0.373 e. The van der Waals surface area contributed by atoms with Crippen LogP contribution in [0.3, 0.4) is 0 Å². The molecule has 2 heterocycles. The van der Waals surface area contributed by atoms with E-state index in [1.165, 1.54) is 32.5 Å². The molecule has 0 aromatic carbocycles. The Morgan fingerprint density at radius 1 is 1.37 bits per heavy atom. The molecule has 0 radical (unpaired) electrons. The van der Waals surface area contributed by atoms with Gasteiger partial charge in [0.15, 0.2) is 0 Å². The molecule has 4 nitrogen and oxygen atoms in total. The van der Waals surface area contributed by atoms with Crippen molar-refractivity contribution in [2.24, 2.45) is 0 Å². The summed E-state index contributed by atoms with van der Waals surface area (Å²) in [6, 6.07) is 6.87. The lowest BCUT2D eigenvalue weighted by atomic mass is 10.1. The maximum atomic E-state index is 4.64. The van der Waals surface area contributed by atoms with Gasteiger partial charge in [-0.15, -0.1) is 0 Å². The van der Waals surface area contributed by atoms with Gasteiger partial charge >= 0.3 is 0 Å². The fourth-order valence-electron chi connectivity index (χ4n) is 2.80. The van der Waals surface area contributed by atoms with E-state index in [0.717, 1.165) is 18.1 Å². The minimum atomic E-state index is 0.646. The quantitative estimate of drug-likeness (QED) is 0.900. The van der Waals surface area contributed by atoms with Crippen LogP contribution in [0.15, 0.2) is 18.2 Å². The summed E-state index contributed by atoms with van der Waals surface area (Å²) in [6.07, 6.45) is 2.45. The molecule has 0 saturated carbocycles. The summed E-state index contributed by atoms with van der Waals surface area (Å²) < 4.78 is 0. The molecule has 1 aliphatic rings. The van der Waals surface area contributed by atoms with Gasteiger partial charge in [-0.3, -0.25) is 4.90 Å². The molecule has 1 atom stereocenters. The topological polar surface area (TPSA) is 31.4 Å². The highest BCUT2D eigenvalue weighted by Gasteiger charge is 2.22. The van der Waals surface area contributed by atoms with Gasteiger partial charge in [0.2, 0.25) is 0 Å². The second-order valence-corrected chi connectivity index (χ2v) is 5.41. The van der Waals surface area contributed by atoms with Crippen molar-refractivity contribution in [3.63, 3.8) is 0 Å². The molecule has 4 heteroatoms. The average molecular weight is 262 g/mol. The van der Waals surface area contributed by atoms with Crippen LogP contribution < -0.4 is 5.32 Å². The zero-order valence-electron chi connectivity index (χ0n) is 12.4. The fourth-order valence-corrected chi connectivity index (χ4v) is 2.80. The molecule has 0 aliphatic carbocycles. The summed E-state index contributed by atoms with van der Waals surface area (Å²) in [4.78, 5) is 9.68. The zero-order valence-corrected chi connectivity index (χ0v) is 12.4. The minimum absolute atomic E-state index is 0.646. The number of hydrogen-bond donors (Lipinski definition) is 1. The Kier molecular flexibility index (Phi) is 5.16. The molecule has 106 valence electrons. The summed E-state index contributed by atoms with van der Waals surface area (Å²) in [5, 5.41) is 3.11. The number of hydrogen-bond acceptors (Lipinski definition) is 4. The molecule has 1 saturated heterocycles. The van der Waals surface area contributed by atoms with Crippen LogP contribution in [0.1, 0.15) is 25.5 Å². The highest BCUT2D eigenvalue weighted by Crippen LogP contribution is 2.15. The van der Waals surface area contributed by atoms with E-state index in [2.05, 4.69) is 46.2 Å². The van der Waals surface area contributed by atoms with Gasteiger partial charge in [0.25, 0.3) is 0 Å². The lowest BCUT2D eigenvalue weighted by Gasteiger charge is -2.29. The van der Waals surface area contributed by atoms with Crippen LogP contribution in [0.5, 0.6) is 0 Å². The SMILES string of the molecule is CCC1CN(C)CCCN1Cc1cccc(NC)n1. The van der Waals surface area contributed by atoms with Crippen LogP contribution in [0.4, 0.5) is 5.82 Å². The second kappa shape index (κ2) is 6.87. The molecule has 1 aliphatic heterocycles. The van der Waals surface area contributed by atoms with Crippen molar-refractivity contribution < 1.29 is 0 Å². The van der Waals surface area contributed by atoms with E-state index in [0.29, 0.717) is 6.04 Å². The Balaban J connectivity index is 2.06. The first kappa shape index (κ1) is 14.3. The van der Waals surface area contributed by atoms with Gasteiger partial charge in [-0.2, -0.15) is 0 Å². The molecular formula is C15H26N4. The van der Waals surface area contributed by atoms with Gasteiger partial charge in [0.05, 0.1) is 5.69 Å². The molecular weight excluding hydrogens is 236 g/mol. The third-order valence-electron chi connectivity index (χ3n) is 3.92. The second-order valence-electron chi connectivity index (χ2n) is 5.41. The first-order valence-corrected chi connectivity index (χ1v) is 7.29. The van der Waals surface area contributed by atoms with Gasteiger partial charge in [0.1, 0.15) is 5.82 Å². The predicted octanol–water partition coefficient (Wildman–Crippen LogP) is 2.04. The van der Waals surface area contributed by atoms with Gasteiger partial charge in [-0.25, -0.2) is 4.98 Å². The normalized spacial score (nSPS) is 22.2. The predicted molar refractivity (Wildman–Crippen MR) is 80.4 cm³/mol. The van der Waals surface area contributed by atoms with Crippen molar-refractivity contribution >= 4 is 5.82 Å². The Morgan fingerprint density at radius 3 is 2.95 bits per heavy atom. The van der Waals surface area contributed by atoms with Crippen LogP contribution in [0.25, 0.3) is 0 Å². The maximum Gasteiger partial charge on any atom is 0.126 e. The summed E-state index contributed by atoms with van der Waals surface area (Å²) >= 11 is 0. The molecule has 19 heavy (non-hydrogen) atoms. The number of aromatic nitrogens is 1. The Hall–Kier alpha value is -1.13. The third kappa shape index (κ3) is 3.91. The fraction of sp³-hybridized carbons (Fsp3) is 0.667. The van der Waals surface area contributed by atoms with E-state index in [1.54, 1.807) is 0 Å². The Morgan fingerprint density at radius 2 is 2.21 bits per heavy atom. The highest BCUT2D eigenvalue weighted by molar-refractivity contribution is 5.34. The standard InChI is InChI=1S/C15H26N4/c1-4-14-12-18(3)9-6-10-19(14)11-13-7-5-8-15(16-2)17-13/h5,7-8,14H,4,6,9-12H2,1-3H3,(H,16,17). The van der Waals surface area contributed by atoms with Crippen molar-refractivity contribution in [1.29, 1.82) is 0 Å². The molecule has 1 aromatic rings. The average Bonchev–Trinajstić information content (AvgIpc) is 2.60. The van der Waals surface area contributed by atoms with Crippen molar-refractivity contribution in [2.45, 2.75) is 32.4 Å². The Labute approximate surface area is 116 Å². The van der Waals surface area contributed by atoms with Crippen molar-refractivity contribution in [2.75, 3.05) is 39.0 Å². The molecule has 1 fully saturated rings. The number of rotatable bonds is 4. The van der Waals surface area contributed by atoms with E-state index in [4.69, 9.17) is 0 Å². The number of nitrogens with zero attached hydrogens (tertiary/aromatic N) is 3. The molecule has 0 amide bonds. The third-order valence-corrected chi connectivity index (χ3v) is 3.92. The van der Waals surface area contributed by atoms with Gasteiger partial charge in [0, 0.05) is 32.7 Å². The summed E-state index contributed by atoms with van der Waals surface area (Å²) in [5.74, 6) is 0.956. The molecule has 0 spiro atoms. The summed E-state index contributed by atoms with van der Waals surface area (Å²) in [5.41, 5.74) is 1.16. The number of likely N-dealkylation sites (N-methyl/N-ethyl adjacent to an activating group) is 1. The van der Waals surface area contributed by atoms with Crippen LogP contribution >= 0.6 is 0 Å². The monoisotopic (exact) mass is 262 g/mol.